The first-order chi connectivity index (χ1) is 12.8. The Morgan fingerprint density at radius 3 is 2.22 bits per heavy atom. The van der Waals surface area contributed by atoms with Gasteiger partial charge in [0, 0.05) is 25.7 Å². The molecule has 1 N–H and O–H groups in total. The molecule has 0 aromatic heterocycles. The van der Waals surface area contributed by atoms with Crippen molar-refractivity contribution < 1.29 is 13.2 Å². The molecule has 27 heavy (non-hydrogen) atoms. The number of hydrogen-bond donors (Lipinski definition) is 1. The topological polar surface area (TPSA) is 66.5 Å². The highest BCUT2D eigenvalue weighted by molar-refractivity contribution is 7.89. The number of nitrogens with zero attached hydrogens (tertiary/aromatic N) is 1. The summed E-state index contributed by atoms with van der Waals surface area (Å²) in [4.78, 5) is 13.7. The molecule has 0 fully saturated rings. The summed E-state index contributed by atoms with van der Waals surface area (Å²) >= 11 is 0. The predicted molar refractivity (Wildman–Crippen MR) is 110 cm³/mol. The minimum atomic E-state index is -3.36. The maximum atomic E-state index is 12.2. The Morgan fingerprint density at radius 1 is 1.00 bits per heavy atom. The number of carbonyl (C=O) groups is 1. The van der Waals surface area contributed by atoms with E-state index in [4.69, 9.17) is 0 Å². The van der Waals surface area contributed by atoms with Crippen molar-refractivity contribution >= 4 is 21.6 Å². The standard InChI is InChI=1S/C21H28N2O3S/c1-17-9-7-10-18(2)21(17)23(19(3)24)15-14-22-27(25,26)16-8-13-20-11-5-4-6-12-20/h4-7,9-12,22H,8,13-16H2,1-3H3. The average molecular weight is 389 g/mol. The van der Waals surface area contributed by atoms with E-state index in [1.54, 1.807) is 4.90 Å². The molecular weight excluding hydrogens is 360 g/mol. The van der Waals surface area contributed by atoms with E-state index >= 15 is 0 Å². The van der Waals surface area contributed by atoms with Crippen LogP contribution in [0.1, 0.15) is 30.0 Å². The molecule has 0 unspecified atom stereocenters. The average Bonchev–Trinajstić information content (AvgIpc) is 2.60. The zero-order valence-electron chi connectivity index (χ0n) is 16.2. The Kier molecular flexibility index (Phi) is 7.56. The van der Waals surface area contributed by atoms with E-state index in [0.29, 0.717) is 13.0 Å². The van der Waals surface area contributed by atoms with E-state index in [1.165, 1.54) is 6.92 Å². The second-order valence-electron chi connectivity index (χ2n) is 6.71. The summed E-state index contributed by atoms with van der Waals surface area (Å²) in [7, 11) is -3.36. The molecule has 0 heterocycles. The number of rotatable bonds is 9. The predicted octanol–water partition coefficient (Wildman–Crippen LogP) is 3.21. The number of anilines is 1. The Morgan fingerprint density at radius 2 is 1.63 bits per heavy atom. The number of para-hydroxylation sites is 1. The van der Waals surface area contributed by atoms with Crippen LogP contribution in [0.2, 0.25) is 0 Å². The summed E-state index contributed by atoms with van der Waals surface area (Å²) in [6.07, 6.45) is 1.29. The summed E-state index contributed by atoms with van der Waals surface area (Å²) in [5.74, 6) is -0.0265. The van der Waals surface area contributed by atoms with Crippen LogP contribution < -0.4 is 9.62 Å². The molecule has 0 radical (unpaired) electrons. The molecule has 146 valence electrons. The summed E-state index contributed by atoms with van der Waals surface area (Å²) in [6, 6.07) is 15.7. The summed E-state index contributed by atoms with van der Waals surface area (Å²) < 4.78 is 27.1. The van der Waals surface area contributed by atoms with E-state index in [1.807, 2.05) is 62.4 Å². The van der Waals surface area contributed by atoms with Crippen LogP contribution in [0.25, 0.3) is 0 Å². The lowest BCUT2D eigenvalue weighted by Gasteiger charge is -2.25. The lowest BCUT2D eigenvalue weighted by molar-refractivity contribution is -0.116. The maximum Gasteiger partial charge on any atom is 0.223 e. The molecule has 2 aromatic carbocycles. The van der Waals surface area contributed by atoms with Gasteiger partial charge in [0.25, 0.3) is 0 Å². The van der Waals surface area contributed by atoms with Gasteiger partial charge in [0.1, 0.15) is 0 Å². The van der Waals surface area contributed by atoms with Crippen LogP contribution in [-0.4, -0.2) is 33.2 Å². The van der Waals surface area contributed by atoms with E-state index in [0.717, 1.165) is 28.8 Å². The van der Waals surface area contributed by atoms with Gasteiger partial charge in [-0.3, -0.25) is 4.79 Å². The Hall–Kier alpha value is -2.18. The molecule has 1 amide bonds. The van der Waals surface area contributed by atoms with Gasteiger partial charge in [-0.15, -0.1) is 0 Å². The van der Waals surface area contributed by atoms with Crippen LogP contribution in [0, 0.1) is 13.8 Å². The largest absolute Gasteiger partial charge is 0.311 e. The number of hydrogen-bond acceptors (Lipinski definition) is 3. The maximum absolute atomic E-state index is 12.2. The number of carbonyl (C=O) groups excluding carboxylic acids is 1. The molecule has 6 heteroatoms. The first-order valence-corrected chi connectivity index (χ1v) is 10.8. The molecule has 0 saturated heterocycles. The van der Waals surface area contributed by atoms with Crippen molar-refractivity contribution in [1.82, 2.24) is 4.72 Å². The van der Waals surface area contributed by atoms with Crippen LogP contribution in [0.15, 0.2) is 48.5 Å². The first kappa shape index (κ1) is 21.1. The van der Waals surface area contributed by atoms with Gasteiger partial charge >= 0.3 is 0 Å². The fraction of sp³-hybridized carbons (Fsp3) is 0.381. The van der Waals surface area contributed by atoms with E-state index in [-0.39, 0.29) is 18.2 Å². The summed E-state index contributed by atoms with van der Waals surface area (Å²) in [5.41, 5.74) is 3.98. The van der Waals surface area contributed by atoms with Gasteiger partial charge in [-0.05, 0) is 43.4 Å². The molecule has 0 aliphatic heterocycles. The minimum Gasteiger partial charge on any atom is -0.311 e. The van der Waals surface area contributed by atoms with Crippen LogP contribution >= 0.6 is 0 Å². The van der Waals surface area contributed by atoms with Gasteiger partial charge < -0.3 is 4.90 Å². The third-order valence-electron chi connectivity index (χ3n) is 4.47. The normalized spacial score (nSPS) is 11.4. The number of sulfonamides is 1. The van der Waals surface area contributed by atoms with E-state index in [9.17, 15) is 13.2 Å². The molecular formula is C21H28N2O3S. The van der Waals surface area contributed by atoms with Crippen molar-refractivity contribution in [2.45, 2.75) is 33.6 Å². The zero-order chi connectivity index (χ0) is 19.9. The fourth-order valence-corrected chi connectivity index (χ4v) is 4.23. The number of benzene rings is 2. The van der Waals surface area contributed by atoms with Crippen molar-refractivity contribution in [3.63, 3.8) is 0 Å². The van der Waals surface area contributed by atoms with Crippen molar-refractivity contribution in [3.8, 4) is 0 Å². The van der Waals surface area contributed by atoms with Crippen LogP contribution in [0.5, 0.6) is 0 Å². The third kappa shape index (κ3) is 6.48. The quantitative estimate of drug-likeness (QED) is 0.717. The SMILES string of the molecule is CC(=O)N(CCNS(=O)(=O)CCCc1ccccc1)c1c(C)cccc1C. The molecule has 0 atom stereocenters. The van der Waals surface area contributed by atoms with Gasteiger partial charge in [0.2, 0.25) is 15.9 Å². The zero-order valence-corrected chi connectivity index (χ0v) is 17.1. The van der Waals surface area contributed by atoms with Gasteiger partial charge in [-0.2, -0.15) is 0 Å². The van der Waals surface area contributed by atoms with Gasteiger partial charge in [0.15, 0.2) is 0 Å². The van der Waals surface area contributed by atoms with E-state index < -0.39 is 10.0 Å². The molecule has 0 aliphatic carbocycles. The second-order valence-corrected chi connectivity index (χ2v) is 8.64. The molecule has 0 saturated carbocycles. The third-order valence-corrected chi connectivity index (χ3v) is 5.94. The van der Waals surface area contributed by atoms with Crippen molar-refractivity contribution in [1.29, 1.82) is 0 Å². The van der Waals surface area contributed by atoms with Crippen molar-refractivity contribution in [3.05, 3.63) is 65.2 Å². The van der Waals surface area contributed by atoms with Crippen molar-refractivity contribution in [2.24, 2.45) is 0 Å². The molecule has 0 aliphatic rings. The molecule has 0 spiro atoms. The lowest BCUT2D eigenvalue weighted by atomic mass is 10.1. The Labute approximate surface area is 162 Å². The lowest BCUT2D eigenvalue weighted by Crippen LogP contribution is -2.39. The monoisotopic (exact) mass is 388 g/mol. The highest BCUT2D eigenvalue weighted by Crippen LogP contribution is 2.24. The van der Waals surface area contributed by atoms with Crippen LogP contribution in [-0.2, 0) is 21.2 Å². The van der Waals surface area contributed by atoms with Crippen LogP contribution in [0.3, 0.4) is 0 Å². The first-order valence-electron chi connectivity index (χ1n) is 9.16. The molecule has 2 rings (SSSR count). The number of aryl methyl sites for hydroxylation is 3. The Bertz CT molecular complexity index is 844. The summed E-state index contributed by atoms with van der Waals surface area (Å²) in [6.45, 7) is 5.90. The van der Waals surface area contributed by atoms with Crippen molar-refractivity contribution in [2.75, 3.05) is 23.7 Å². The number of amides is 1. The highest BCUT2D eigenvalue weighted by Gasteiger charge is 2.17. The Balaban J connectivity index is 1.89. The molecule has 0 bridgehead atoms. The van der Waals surface area contributed by atoms with Gasteiger partial charge in [-0.25, -0.2) is 13.1 Å². The van der Waals surface area contributed by atoms with Gasteiger partial charge in [-0.1, -0.05) is 48.5 Å². The summed E-state index contributed by atoms with van der Waals surface area (Å²) in [5, 5.41) is 0. The molecule has 2 aromatic rings. The number of nitrogens with one attached hydrogen (secondary N) is 1. The van der Waals surface area contributed by atoms with Gasteiger partial charge in [0.05, 0.1) is 5.75 Å². The fourth-order valence-electron chi connectivity index (χ4n) is 3.15. The van der Waals surface area contributed by atoms with E-state index in [2.05, 4.69) is 4.72 Å². The van der Waals surface area contributed by atoms with Crippen LogP contribution in [0.4, 0.5) is 5.69 Å². The molecule has 5 nitrogen and oxygen atoms in total. The minimum absolute atomic E-state index is 0.0748. The highest BCUT2D eigenvalue weighted by atomic mass is 32.2. The second kappa shape index (κ2) is 9.67. The smallest absolute Gasteiger partial charge is 0.223 e.